The van der Waals surface area contributed by atoms with Crippen molar-refractivity contribution < 1.29 is 17.9 Å². The topological polar surface area (TPSA) is 87.7 Å². The first kappa shape index (κ1) is 14.4. The lowest BCUT2D eigenvalue weighted by atomic mass is 10.4. The standard InChI is InChI=1S/C9H19N3O4S/c1-16-8-9(13)11-4-7-17(14,15)12-5-2-10-3-6-12/h10H,2-8H2,1H3,(H,11,13). The fourth-order valence-electron chi connectivity index (χ4n) is 1.55. The second-order valence-electron chi connectivity index (χ2n) is 3.75. The van der Waals surface area contributed by atoms with Gasteiger partial charge >= 0.3 is 0 Å². The zero-order chi connectivity index (χ0) is 12.7. The Balaban J connectivity index is 2.31. The van der Waals surface area contributed by atoms with E-state index in [1.165, 1.54) is 11.4 Å². The van der Waals surface area contributed by atoms with Crippen LogP contribution in [0.4, 0.5) is 0 Å². The first-order valence-corrected chi connectivity index (χ1v) is 7.11. The van der Waals surface area contributed by atoms with Crippen LogP contribution in [0, 0.1) is 0 Å². The number of ether oxygens (including phenoxy) is 1. The number of sulfonamides is 1. The second kappa shape index (κ2) is 6.90. The SMILES string of the molecule is COCC(=O)NCCS(=O)(=O)N1CCNCC1. The van der Waals surface area contributed by atoms with Gasteiger partial charge in [0.1, 0.15) is 6.61 Å². The van der Waals surface area contributed by atoms with Crippen LogP contribution in [-0.4, -0.2) is 70.8 Å². The minimum absolute atomic E-state index is 0.0479. The predicted molar refractivity (Wildman–Crippen MR) is 63.1 cm³/mol. The average molecular weight is 265 g/mol. The minimum atomic E-state index is -3.26. The lowest BCUT2D eigenvalue weighted by Gasteiger charge is -2.26. The van der Waals surface area contributed by atoms with Crippen LogP contribution < -0.4 is 10.6 Å². The van der Waals surface area contributed by atoms with Gasteiger partial charge in [-0.3, -0.25) is 4.79 Å². The molecule has 0 bridgehead atoms. The Kier molecular flexibility index (Phi) is 5.83. The number of piperazine rings is 1. The van der Waals surface area contributed by atoms with E-state index in [4.69, 9.17) is 0 Å². The molecule has 1 fully saturated rings. The number of rotatable bonds is 6. The molecular formula is C9H19N3O4S. The van der Waals surface area contributed by atoms with Crippen LogP contribution in [0.2, 0.25) is 0 Å². The molecule has 0 atom stereocenters. The van der Waals surface area contributed by atoms with E-state index in [2.05, 4.69) is 15.4 Å². The fourth-order valence-corrected chi connectivity index (χ4v) is 2.91. The van der Waals surface area contributed by atoms with Gasteiger partial charge in [-0.25, -0.2) is 8.42 Å². The molecule has 0 aromatic heterocycles. The van der Waals surface area contributed by atoms with Gasteiger partial charge in [0.2, 0.25) is 15.9 Å². The molecule has 100 valence electrons. The Hall–Kier alpha value is -0.700. The zero-order valence-corrected chi connectivity index (χ0v) is 10.8. The molecule has 1 aliphatic heterocycles. The first-order valence-electron chi connectivity index (χ1n) is 5.50. The number of carbonyl (C=O) groups excluding carboxylic acids is 1. The van der Waals surface area contributed by atoms with Crippen LogP contribution in [0.15, 0.2) is 0 Å². The van der Waals surface area contributed by atoms with Crippen LogP contribution >= 0.6 is 0 Å². The number of amides is 1. The van der Waals surface area contributed by atoms with Gasteiger partial charge in [0, 0.05) is 39.8 Å². The van der Waals surface area contributed by atoms with Crippen molar-refractivity contribution in [3.05, 3.63) is 0 Å². The zero-order valence-electron chi connectivity index (χ0n) is 9.94. The van der Waals surface area contributed by atoms with E-state index < -0.39 is 10.0 Å². The highest BCUT2D eigenvalue weighted by Crippen LogP contribution is 2.02. The van der Waals surface area contributed by atoms with Gasteiger partial charge in [0.25, 0.3) is 0 Å². The molecule has 1 saturated heterocycles. The molecule has 0 saturated carbocycles. The van der Waals surface area contributed by atoms with Crippen molar-refractivity contribution in [1.29, 1.82) is 0 Å². The molecule has 1 rings (SSSR count). The lowest BCUT2D eigenvalue weighted by molar-refractivity contribution is -0.124. The maximum atomic E-state index is 11.8. The summed E-state index contributed by atoms with van der Waals surface area (Å²) in [5.41, 5.74) is 0. The molecule has 1 amide bonds. The van der Waals surface area contributed by atoms with Crippen LogP contribution in [0.5, 0.6) is 0 Å². The lowest BCUT2D eigenvalue weighted by Crippen LogP contribution is -2.48. The minimum Gasteiger partial charge on any atom is -0.375 e. The molecule has 0 aliphatic carbocycles. The third kappa shape index (κ3) is 4.99. The summed E-state index contributed by atoms with van der Waals surface area (Å²) in [6.07, 6.45) is 0. The van der Waals surface area contributed by atoms with E-state index in [-0.39, 0.29) is 24.8 Å². The van der Waals surface area contributed by atoms with Gasteiger partial charge in [-0.2, -0.15) is 4.31 Å². The van der Waals surface area contributed by atoms with Crippen LogP contribution in [0.3, 0.4) is 0 Å². The van der Waals surface area contributed by atoms with Crippen molar-refractivity contribution in [3.8, 4) is 0 Å². The third-order valence-electron chi connectivity index (χ3n) is 2.43. The summed E-state index contributed by atoms with van der Waals surface area (Å²) >= 11 is 0. The maximum Gasteiger partial charge on any atom is 0.246 e. The van der Waals surface area contributed by atoms with Crippen LogP contribution in [0.1, 0.15) is 0 Å². The summed E-state index contributed by atoms with van der Waals surface area (Å²) in [7, 11) is -1.84. The number of methoxy groups -OCH3 is 1. The van der Waals surface area contributed by atoms with Crippen LogP contribution in [0.25, 0.3) is 0 Å². The summed E-state index contributed by atoms with van der Waals surface area (Å²) in [6, 6.07) is 0. The molecule has 0 radical (unpaired) electrons. The molecule has 2 N–H and O–H groups in total. The number of hydrogen-bond donors (Lipinski definition) is 2. The van der Waals surface area contributed by atoms with Crippen molar-refractivity contribution in [2.24, 2.45) is 0 Å². The van der Waals surface area contributed by atoms with Crippen LogP contribution in [-0.2, 0) is 19.6 Å². The highest BCUT2D eigenvalue weighted by molar-refractivity contribution is 7.89. The first-order chi connectivity index (χ1) is 8.06. The number of nitrogens with one attached hydrogen (secondary N) is 2. The number of nitrogens with zero attached hydrogens (tertiary/aromatic N) is 1. The summed E-state index contributed by atoms with van der Waals surface area (Å²) in [6.45, 7) is 2.41. The normalized spacial score (nSPS) is 17.9. The predicted octanol–water partition coefficient (Wildman–Crippen LogP) is -2.02. The van der Waals surface area contributed by atoms with Crippen molar-refractivity contribution in [2.45, 2.75) is 0 Å². The van der Waals surface area contributed by atoms with E-state index in [0.717, 1.165) is 0 Å². The van der Waals surface area contributed by atoms with Gasteiger partial charge in [-0.1, -0.05) is 0 Å². The van der Waals surface area contributed by atoms with E-state index >= 15 is 0 Å². The average Bonchev–Trinajstić information content (AvgIpc) is 2.30. The summed E-state index contributed by atoms with van der Waals surface area (Å²) in [5, 5.41) is 5.58. The Morgan fingerprint density at radius 2 is 2.06 bits per heavy atom. The molecule has 8 heteroatoms. The van der Waals surface area contributed by atoms with Gasteiger partial charge in [-0.15, -0.1) is 0 Å². The summed E-state index contributed by atoms with van der Waals surface area (Å²) < 4.78 is 29.8. The van der Waals surface area contributed by atoms with Crippen molar-refractivity contribution >= 4 is 15.9 Å². The molecule has 1 heterocycles. The molecular weight excluding hydrogens is 246 g/mol. The van der Waals surface area contributed by atoms with E-state index in [0.29, 0.717) is 26.2 Å². The van der Waals surface area contributed by atoms with Crippen molar-refractivity contribution in [2.75, 3.05) is 52.2 Å². The highest BCUT2D eigenvalue weighted by atomic mass is 32.2. The Morgan fingerprint density at radius 1 is 1.41 bits per heavy atom. The Labute approximate surface area is 102 Å². The highest BCUT2D eigenvalue weighted by Gasteiger charge is 2.23. The fraction of sp³-hybridized carbons (Fsp3) is 0.889. The van der Waals surface area contributed by atoms with Gasteiger partial charge in [-0.05, 0) is 0 Å². The monoisotopic (exact) mass is 265 g/mol. The third-order valence-corrected chi connectivity index (χ3v) is 4.30. The summed E-state index contributed by atoms with van der Waals surface area (Å²) in [5.74, 6) is -0.370. The molecule has 1 aliphatic rings. The quantitative estimate of drug-likeness (QED) is 0.579. The van der Waals surface area contributed by atoms with Gasteiger partial charge in [0.05, 0.1) is 5.75 Å². The maximum absolute atomic E-state index is 11.8. The van der Waals surface area contributed by atoms with Gasteiger partial charge < -0.3 is 15.4 Å². The van der Waals surface area contributed by atoms with E-state index in [1.54, 1.807) is 0 Å². The molecule has 0 unspecified atom stereocenters. The Bertz CT molecular complexity index is 338. The smallest absolute Gasteiger partial charge is 0.246 e. The summed E-state index contributed by atoms with van der Waals surface area (Å²) in [4.78, 5) is 11.1. The largest absolute Gasteiger partial charge is 0.375 e. The van der Waals surface area contributed by atoms with E-state index in [1.807, 2.05) is 0 Å². The van der Waals surface area contributed by atoms with Crippen molar-refractivity contribution in [3.63, 3.8) is 0 Å². The molecule has 0 spiro atoms. The molecule has 0 aromatic carbocycles. The molecule has 0 aromatic rings. The second-order valence-corrected chi connectivity index (χ2v) is 5.84. The molecule has 7 nitrogen and oxygen atoms in total. The number of hydrogen-bond acceptors (Lipinski definition) is 5. The number of carbonyl (C=O) groups is 1. The Morgan fingerprint density at radius 3 is 2.65 bits per heavy atom. The van der Waals surface area contributed by atoms with E-state index in [9.17, 15) is 13.2 Å². The van der Waals surface area contributed by atoms with Gasteiger partial charge in [0.15, 0.2) is 0 Å². The van der Waals surface area contributed by atoms with Crippen molar-refractivity contribution in [1.82, 2.24) is 14.9 Å². The molecule has 17 heavy (non-hydrogen) atoms.